The molecule has 5 rings (SSSR count). The van der Waals surface area contributed by atoms with Gasteiger partial charge in [0, 0.05) is 23.4 Å². The van der Waals surface area contributed by atoms with Gasteiger partial charge in [-0.25, -0.2) is 4.39 Å². The summed E-state index contributed by atoms with van der Waals surface area (Å²) in [6, 6.07) is 12.2. The van der Waals surface area contributed by atoms with E-state index in [1.54, 1.807) is 24.3 Å². The van der Waals surface area contributed by atoms with Crippen LogP contribution in [0.15, 0.2) is 58.1 Å². The van der Waals surface area contributed by atoms with Crippen LogP contribution in [0.4, 0.5) is 10.1 Å². The molecule has 0 saturated carbocycles. The van der Waals surface area contributed by atoms with Gasteiger partial charge in [-0.15, -0.1) is 20.4 Å². The van der Waals surface area contributed by atoms with Crippen molar-refractivity contribution in [3.63, 3.8) is 0 Å². The van der Waals surface area contributed by atoms with E-state index in [2.05, 4.69) is 25.3 Å². The van der Waals surface area contributed by atoms with Gasteiger partial charge in [0.1, 0.15) is 5.82 Å². The Kier molecular flexibility index (Phi) is 6.82. The Hall–Kier alpha value is -3.64. The van der Waals surface area contributed by atoms with E-state index in [4.69, 9.17) is 4.42 Å². The van der Waals surface area contributed by atoms with Crippen LogP contribution < -0.4 is 0 Å². The van der Waals surface area contributed by atoms with E-state index in [1.807, 2.05) is 4.57 Å². The minimum absolute atomic E-state index is 0.00969. The zero-order valence-corrected chi connectivity index (χ0v) is 19.5. The molecule has 3 heterocycles. The third kappa shape index (κ3) is 5.38. The molecule has 0 atom stereocenters. The van der Waals surface area contributed by atoms with Crippen molar-refractivity contribution in [1.82, 2.24) is 29.9 Å². The number of halogens is 1. The fourth-order valence-electron chi connectivity index (χ4n) is 3.94. The molecule has 0 amide bonds. The van der Waals surface area contributed by atoms with E-state index in [9.17, 15) is 14.5 Å². The average molecular weight is 496 g/mol. The predicted molar refractivity (Wildman–Crippen MR) is 126 cm³/mol. The maximum Gasteiger partial charge on any atom is 0.269 e. The maximum atomic E-state index is 13.6. The molecule has 35 heavy (non-hydrogen) atoms. The Balaban J connectivity index is 1.34. The molecule has 2 aromatic heterocycles. The lowest BCUT2D eigenvalue weighted by Gasteiger charge is -2.26. The zero-order chi connectivity index (χ0) is 24.2. The molecule has 0 spiro atoms. The van der Waals surface area contributed by atoms with Gasteiger partial charge >= 0.3 is 0 Å². The summed E-state index contributed by atoms with van der Waals surface area (Å²) < 4.78 is 21.3. The number of hydrogen-bond donors (Lipinski definition) is 0. The molecule has 0 aliphatic carbocycles. The highest BCUT2D eigenvalue weighted by Crippen LogP contribution is 2.28. The first kappa shape index (κ1) is 23.1. The summed E-state index contributed by atoms with van der Waals surface area (Å²) in [5.41, 5.74) is 1.37. The molecule has 0 bridgehead atoms. The first-order valence-electron chi connectivity index (χ1n) is 11.2. The van der Waals surface area contributed by atoms with Crippen LogP contribution in [-0.4, -0.2) is 47.9 Å². The first-order chi connectivity index (χ1) is 17.1. The highest BCUT2D eigenvalue weighted by atomic mass is 32.2. The molecule has 12 heteroatoms. The van der Waals surface area contributed by atoms with Crippen molar-refractivity contribution in [2.75, 3.05) is 13.1 Å². The summed E-state index contributed by atoms with van der Waals surface area (Å²) in [7, 11) is 0. The summed E-state index contributed by atoms with van der Waals surface area (Å²) in [4.78, 5) is 12.7. The number of hydrogen-bond acceptors (Lipinski definition) is 9. The highest BCUT2D eigenvalue weighted by molar-refractivity contribution is 7.98. The van der Waals surface area contributed by atoms with Crippen molar-refractivity contribution >= 4 is 17.4 Å². The van der Waals surface area contributed by atoms with E-state index >= 15 is 0 Å². The number of benzene rings is 2. The molecule has 1 aliphatic heterocycles. The second-order valence-electron chi connectivity index (χ2n) is 8.14. The number of piperidine rings is 1. The Labute approximate surface area is 204 Å². The summed E-state index contributed by atoms with van der Waals surface area (Å²) in [5.74, 6) is 1.50. The lowest BCUT2D eigenvalue weighted by molar-refractivity contribution is -0.384. The molecule has 10 nitrogen and oxygen atoms in total. The number of likely N-dealkylation sites (tertiary alicyclic amines) is 1. The minimum atomic E-state index is -0.462. The van der Waals surface area contributed by atoms with E-state index in [-0.39, 0.29) is 17.4 Å². The maximum absolute atomic E-state index is 13.6. The van der Waals surface area contributed by atoms with Crippen LogP contribution in [0.3, 0.4) is 0 Å². The van der Waals surface area contributed by atoms with Gasteiger partial charge in [-0.05, 0) is 62.3 Å². The molecule has 2 aromatic carbocycles. The Morgan fingerprint density at radius 3 is 2.43 bits per heavy atom. The fourth-order valence-corrected chi connectivity index (χ4v) is 4.75. The van der Waals surface area contributed by atoms with Crippen LogP contribution in [0, 0.1) is 15.9 Å². The molecule has 1 saturated heterocycles. The van der Waals surface area contributed by atoms with Crippen LogP contribution in [-0.2, 0) is 12.3 Å². The third-order valence-electron chi connectivity index (χ3n) is 5.72. The molecule has 0 radical (unpaired) electrons. The van der Waals surface area contributed by atoms with E-state index < -0.39 is 4.92 Å². The Morgan fingerprint density at radius 2 is 1.71 bits per heavy atom. The third-order valence-corrected chi connectivity index (χ3v) is 6.63. The average Bonchev–Trinajstić information content (AvgIpc) is 3.51. The smallest absolute Gasteiger partial charge is 0.269 e. The Morgan fingerprint density at radius 1 is 0.971 bits per heavy atom. The number of nitrogens with zero attached hydrogens (tertiary/aromatic N) is 7. The number of thioether (sulfide) groups is 1. The lowest BCUT2D eigenvalue weighted by Crippen LogP contribution is -2.30. The predicted octanol–water partition coefficient (Wildman–Crippen LogP) is 4.64. The summed E-state index contributed by atoms with van der Waals surface area (Å²) in [5, 5.41) is 28.5. The van der Waals surface area contributed by atoms with E-state index in [1.165, 1.54) is 55.3 Å². The molecule has 180 valence electrons. The van der Waals surface area contributed by atoms with Crippen LogP contribution in [0.5, 0.6) is 0 Å². The van der Waals surface area contributed by atoms with Crippen LogP contribution >= 0.6 is 11.8 Å². The molecule has 1 fully saturated rings. The topological polar surface area (TPSA) is 116 Å². The van der Waals surface area contributed by atoms with Crippen molar-refractivity contribution in [2.24, 2.45) is 0 Å². The lowest BCUT2D eigenvalue weighted by atomic mass is 10.1. The summed E-state index contributed by atoms with van der Waals surface area (Å²) in [6.45, 7) is 2.70. The monoisotopic (exact) mass is 495 g/mol. The quantitative estimate of drug-likeness (QED) is 0.196. The van der Waals surface area contributed by atoms with Crippen molar-refractivity contribution in [3.05, 3.63) is 76.2 Å². The second-order valence-corrected chi connectivity index (χ2v) is 9.08. The molecular formula is C23H22FN7O3S. The number of non-ortho nitro benzene ring substituents is 1. The van der Waals surface area contributed by atoms with Gasteiger partial charge in [0.05, 0.1) is 17.2 Å². The van der Waals surface area contributed by atoms with E-state index in [0.29, 0.717) is 28.9 Å². The normalized spacial score (nSPS) is 14.3. The second kappa shape index (κ2) is 10.3. The van der Waals surface area contributed by atoms with E-state index in [0.717, 1.165) is 24.6 Å². The Bertz CT molecular complexity index is 1300. The van der Waals surface area contributed by atoms with Crippen molar-refractivity contribution in [1.29, 1.82) is 0 Å². The van der Waals surface area contributed by atoms with Gasteiger partial charge < -0.3 is 4.42 Å². The highest BCUT2D eigenvalue weighted by Gasteiger charge is 2.20. The number of aromatic nitrogens is 5. The van der Waals surface area contributed by atoms with Crippen LogP contribution in [0.1, 0.15) is 31.0 Å². The molecule has 4 aromatic rings. The standard InChI is InChI=1S/C23H22FN7O3S/c24-17-6-10-18(11-7-17)30-20(14-29-12-2-1-3-13-29)25-28-23(30)35-15-21-26-27-22(34-21)16-4-8-19(9-5-16)31(32)33/h4-11H,1-3,12-15H2. The van der Waals surface area contributed by atoms with Gasteiger partial charge in [-0.3, -0.25) is 19.6 Å². The molecule has 0 unspecified atom stereocenters. The number of nitro groups is 1. The van der Waals surface area contributed by atoms with Gasteiger partial charge in [-0.2, -0.15) is 0 Å². The van der Waals surface area contributed by atoms with Crippen molar-refractivity contribution < 1.29 is 13.7 Å². The largest absolute Gasteiger partial charge is 0.420 e. The van der Waals surface area contributed by atoms with Gasteiger partial charge in [0.25, 0.3) is 5.69 Å². The number of nitro benzene ring substituents is 1. The van der Waals surface area contributed by atoms with Gasteiger partial charge in [0.15, 0.2) is 11.0 Å². The minimum Gasteiger partial charge on any atom is -0.420 e. The molecule has 0 N–H and O–H groups in total. The molecular weight excluding hydrogens is 473 g/mol. The zero-order valence-electron chi connectivity index (χ0n) is 18.7. The summed E-state index contributed by atoms with van der Waals surface area (Å²) >= 11 is 1.39. The van der Waals surface area contributed by atoms with Gasteiger partial charge in [-0.1, -0.05) is 18.2 Å². The van der Waals surface area contributed by atoms with Crippen molar-refractivity contribution in [2.45, 2.75) is 36.7 Å². The van der Waals surface area contributed by atoms with Crippen LogP contribution in [0.2, 0.25) is 0 Å². The molecule has 1 aliphatic rings. The van der Waals surface area contributed by atoms with Gasteiger partial charge in [0.2, 0.25) is 11.8 Å². The van der Waals surface area contributed by atoms with Crippen LogP contribution in [0.25, 0.3) is 17.1 Å². The number of rotatable bonds is 8. The first-order valence-corrected chi connectivity index (χ1v) is 12.2. The summed E-state index contributed by atoms with van der Waals surface area (Å²) in [6.07, 6.45) is 3.58. The van der Waals surface area contributed by atoms with Crippen molar-refractivity contribution in [3.8, 4) is 17.1 Å². The fraction of sp³-hybridized carbons (Fsp3) is 0.304. The SMILES string of the molecule is O=[N+]([O-])c1ccc(-c2nnc(CSc3nnc(CN4CCCCC4)n3-c3ccc(F)cc3)o2)cc1.